The molecule has 0 aliphatic heterocycles. The van der Waals surface area contributed by atoms with Crippen molar-refractivity contribution < 1.29 is 0 Å². The minimum atomic E-state index is 0.811. The topological polar surface area (TPSA) is 23.8 Å². The lowest BCUT2D eigenvalue weighted by Gasteiger charge is -2.32. The van der Waals surface area contributed by atoms with E-state index >= 15 is 0 Å². The largest absolute Gasteiger partial charge is 0.193 e. The van der Waals surface area contributed by atoms with E-state index < -0.39 is 0 Å². The first-order valence-corrected chi connectivity index (χ1v) is 14.1. The van der Waals surface area contributed by atoms with E-state index in [1.54, 1.807) is 11.6 Å². The molecule has 0 heterocycles. The molecule has 33 heavy (non-hydrogen) atoms. The molecule has 0 N–H and O–H groups in total. The number of nitrogens with zero attached hydrogens (tertiary/aromatic N) is 1. The highest BCUT2D eigenvalue weighted by Gasteiger charge is 2.25. The summed E-state index contributed by atoms with van der Waals surface area (Å²) in [6.45, 7) is 2.28. The summed E-state index contributed by atoms with van der Waals surface area (Å²) < 4.78 is 0. The average molecular weight is 446 g/mol. The van der Waals surface area contributed by atoms with Crippen molar-refractivity contribution in [2.24, 2.45) is 17.8 Å². The molecule has 2 aliphatic carbocycles. The lowest BCUT2D eigenvalue weighted by Crippen LogP contribution is -2.17. The van der Waals surface area contributed by atoms with Gasteiger partial charge in [-0.3, -0.25) is 0 Å². The van der Waals surface area contributed by atoms with Crippen LogP contribution >= 0.6 is 0 Å². The van der Waals surface area contributed by atoms with Crippen molar-refractivity contribution in [2.75, 3.05) is 0 Å². The van der Waals surface area contributed by atoms with Gasteiger partial charge in [-0.15, -0.1) is 0 Å². The van der Waals surface area contributed by atoms with Gasteiger partial charge in [-0.2, -0.15) is 5.26 Å². The van der Waals surface area contributed by atoms with E-state index in [4.69, 9.17) is 5.26 Å². The molecule has 0 spiro atoms. The Morgan fingerprint density at radius 3 is 2.00 bits per heavy atom. The quantitative estimate of drug-likeness (QED) is 0.178. The molecule has 1 nitrogen and oxygen atoms in total. The van der Waals surface area contributed by atoms with Crippen LogP contribution in [0.25, 0.3) is 0 Å². The van der Waals surface area contributed by atoms with Gasteiger partial charge in [0.15, 0.2) is 0 Å². The van der Waals surface area contributed by atoms with E-state index in [-0.39, 0.29) is 0 Å². The first kappa shape index (κ1) is 25.8. The number of aryl methyl sites for hydroxylation is 1. The molecule has 0 unspecified atom stereocenters. The highest BCUT2D eigenvalue weighted by molar-refractivity contribution is 5.26. The number of hydrogen-bond acceptors (Lipinski definition) is 1. The highest BCUT2D eigenvalue weighted by Crippen LogP contribution is 2.40. The monoisotopic (exact) mass is 445 g/mol. The molecule has 0 aromatic heterocycles. The van der Waals surface area contributed by atoms with Gasteiger partial charge in [0.25, 0.3) is 0 Å². The molecule has 1 aromatic rings. The van der Waals surface area contributed by atoms with Gasteiger partial charge in [0, 0.05) is 6.08 Å². The Bertz CT molecular complexity index is 734. The summed E-state index contributed by atoms with van der Waals surface area (Å²) in [7, 11) is 0. The number of nitriles is 1. The van der Waals surface area contributed by atoms with Crippen LogP contribution in [0.5, 0.6) is 0 Å². The van der Waals surface area contributed by atoms with E-state index in [0.29, 0.717) is 0 Å². The smallest absolute Gasteiger partial charge is 0.0912 e. The molecule has 1 aromatic carbocycles. The molecule has 2 saturated carbocycles. The van der Waals surface area contributed by atoms with Crippen molar-refractivity contribution in [3.8, 4) is 6.07 Å². The van der Waals surface area contributed by atoms with E-state index in [1.165, 1.54) is 102 Å². The number of hydrogen-bond donors (Lipinski definition) is 0. The minimum absolute atomic E-state index is 0.811. The molecular formula is C32H47N. The third kappa shape index (κ3) is 9.52. The summed E-state index contributed by atoms with van der Waals surface area (Å²) >= 11 is 0. The zero-order valence-corrected chi connectivity index (χ0v) is 21.2. The van der Waals surface area contributed by atoms with Crippen LogP contribution < -0.4 is 0 Å². The molecule has 2 fully saturated rings. The first-order valence-electron chi connectivity index (χ1n) is 14.1. The molecule has 2 aliphatic rings. The first-order chi connectivity index (χ1) is 16.3. The van der Waals surface area contributed by atoms with Crippen LogP contribution in [0.4, 0.5) is 0 Å². The molecule has 0 atom stereocenters. The van der Waals surface area contributed by atoms with Crippen LogP contribution in [-0.2, 0) is 6.42 Å². The number of unbranched alkanes of at least 4 members (excludes halogenated alkanes) is 2. The van der Waals surface area contributed by atoms with Gasteiger partial charge in [-0.05, 0) is 86.2 Å². The van der Waals surface area contributed by atoms with Crippen LogP contribution in [0, 0.1) is 29.1 Å². The van der Waals surface area contributed by atoms with Crippen molar-refractivity contribution >= 4 is 0 Å². The second-order valence-corrected chi connectivity index (χ2v) is 10.9. The SMILES string of the molecule is CCCCCc1ccc(C2CCC(CCC3CCC(CCC=CC=CC#N)CC3)CC2)cc1. The summed E-state index contributed by atoms with van der Waals surface area (Å²) in [6.07, 6.45) is 29.8. The third-order valence-corrected chi connectivity index (χ3v) is 8.48. The van der Waals surface area contributed by atoms with Gasteiger partial charge in [0.2, 0.25) is 0 Å². The van der Waals surface area contributed by atoms with Crippen molar-refractivity contribution in [2.45, 2.75) is 116 Å². The van der Waals surface area contributed by atoms with Gasteiger partial charge in [-0.25, -0.2) is 0 Å². The Kier molecular flexibility index (Phi) is 11.9. The lowest BCUT2D eigenvalue weighted by molar-refractivity contribution is 0.225. The molecule has 180 valence electrons. The van der Waals surface area contributed by atoms with Gasteiger partial charge >= 0.3 is 0 Å². The second kappa shape index (κ2) is 15.2. The van der Waals surface area contributed by atoms with E-state index in [1.807, 2.05) is 18.2 Å². The summed E-state index contributed by atoms with van der Waals surface area (Å²) in [5.41, 5.74) is 3.13. The summed E-state index contributed by atoms with van der Waals surface area (Å²) in [4.78, 5) is 0. The zero-order valence-electron chi connectivity index (χ0n) is 21.2. The van der Waals surface area contributed by atoms with Crippen molar-refractivity contribution in [3.05, 3.63) is 59.7 Å². The highest BCUT2D eigenvalue weighted by atomic mass is 14.3. The maximum absolute atomic E-state index is 8.50. The average Bonchev–Trinajstić information content (AvgIpc) is 2.86. The van der Waals surface area contributed by atoms with Crippen LogP contribution in [0.2, 0.25) is 0 Å². The predicted molar refractivity (Wildman–Crippen MR) is 142 cm³/mol. The summed E-state index contributed by atoms with van der Waals surface area (Å²) in [5, 5.41) is 8.50. The molecule has 3 rings (SSSR count). The number of benzene rings is 1. The summed E-state index contributed by atoms with van der Waals surface area (Å²) in [6, 6.07) is 11.7. The Morgan fingerprint density at radius 1 is 0.788 bits per heavy atom. The van der Waals surface area contributed by atoms with Crippen molar-refractivity contribution in [3.63, 3.8) is 0 Å². The fraction of sp³-hybridized carbons (Fsp3) is 0.656. The van der Waals surface area contributed by atoms with E-state index in [2.05, 4.69) is 37.3 Å². The van der Waals surface area contributed by atoms with E-state index in [9.17, 15) is 0 Å². The number of allylic oxidation sites excluding steroid dienone is 4. The molecule has 0 bridgehead atoms. The van der Waals surface area contributed by atoms with Gasteiger partial charge in [0.05, 0.1) is 6.07 Å². The third-order valence-electron chi connectivity index (χ3n) is 8.48. The van der Waals surface area contributed by atoms with Crippen molar-refractivity contribution in [1.29, 1.82) is 5.26 Å². The van der Waals surface area contributed by atoms with Crippen LogP contribution in [0.1, 0.15) is 120 Å². The molecule has 0 amide bonds. The van der Waals surface area contributed by atoms with Gasteiger partial charge in [0.1, 0.15) is 0 Å². The second-order valence-electron chi connectivity index (χ2n) is 10.9. The Morgan fingerprint density at radius 2 is 1.39 bits per heavy atom. The standard InChI is InChI=1S/C32H47N/c1-2-3-7-10-28-18-22-31(23-19-28)32-24-20-30(21-25-32)17-16-29-14-12-27(13-15-29)11-8-5-4-6-9-26-33/h4-6,9,18-19,22-23,27,29-30,32H,2-3,7-8,10-17,20-21,24-25H2,1H3. The maximum Gasteiger partial charge on any atom is 0.0912 e. The summed E-state index contributed by atoms with van der Waals surface area (Å²) in [5.74, 6) is 3.72. The normalized spacial score (nSPS) is 26.1. The van der Waals surface area contributed by atoms with Gasteiger partial charge in [-0.1, -0.05) is 101 Å². The van der Waals surface area contributed by atoms with Gasteiger partial charge < -0.3 is 0 Å². The zero-order chi connectivity index (χ0) is 23.1. The molecule has 0 radical (unpaired) electrons. The maximum atomic E-state index is 8.50. The molecular weight excluding hydrogens is 398 g/mol. The number of rotatable bonds is 12. The minimum Gasteiger partial charge on any atom is -0.193 e. The Labute approximate surface area is 204 Å². The van der Waals surface area contributed by atoms with Crippen LogP contribution in [0.15, 0.2) is 48.6 Å². The Hall–Kier alpha value is -1.81. The van der Waals surface area contributed by atoms with Crippen LogP contribution in [0.3, 0.4) is 0 Å². The molecule has 0 saturated heterocycles. The predicted octanol–water partition coefficient (Wildman–Crippen LogP) is 9.70. The lowest BCUT2D eigenvalue weighted by atomic mass is 9.74. The fourth-order valence-corrected chi connectivity index (χ4v) is 6.21. The Balaban J connectivity index is 1.27. The fourth-order valence-electron chi connectivity index (χ4n) is 6.21. The van der Waals surface area contributed by atoms with Crippen molar-refractivity contribution in [1.82, 2.24) is 0 Å². The molecule has 1 heteroatoms. The van der Waals surface area contributed by atoms with E-state index in [0.717, 1.165) is 30.1 Å². The van der Waals surface area contributed by atoms with Crippen LogP contribution in [-0.4, -0.2) is 0 Å².